The standard InChI is InChI=1S/C6H7F3O5/c1-3(2-10)4(11)13-14-5(12)6(7,8)9/h3,10H,2H2,1H3. The fourth-order valence-electron chi connectivity index (χ4n) is 0.283. The maximum Gasteiger partial charge on any atom is 0.495 e. The average Bonchev–Trinajstić information content (AvgIpc) is 2.10. The molecule has 0 saturated carbocycles. The van der Waals surface area contributed by atoms with Gasteiger partial charge in [-0.05, 0) is 6.92 Å². The Balaban J connectivity index is 3.96. The zero-order chi connectivity index (χ0) is 11.4. The molecular weight excluding hydrogens is 209 g/mol. The highest BCUT2D eigenvalue weighted by molar-refractivity contribution is 5.77. The first-order chi connectivity index (χ1) is 6.29. The normalized spacial score (nSPS) is 13.2. The second-order valence-corrected chi connectivity index (χ2v) is 2.35. The number of hydrogen-bond donors (Lipinski definition) is 1. The van der Waals surface area contributed by atoms with Crippen molar-refractivity contribution in [2.45, 2.75) is 13.1 Å². The monoisotopic (exact) mass is 216 g/mol. The number of carbonyl (C=O) groups excluding carboxylic acids is 2. The number of hydrogen-bond acceptors (Lipinski definition) is 5. The average molecular weight is 216 g/mol. The van der Waals surface area contributed by atoms with E-state index in [1.807, 2.05) is 0 Å². The molecule has 0 bridgehead atoms. The highest BCUT2D eigenvalue weighted by Gasteiger charge is 2.43. The van der Waals surface area contributed by atoms with Gasteiger partial charge in [-0.3, -0.25) is 0 Å². The molecule has 8 heteroatoms. The lowest BCUT2D eigenvalue weighted by molar-refractivity contribution is -0.288. The van der Waals surface area contributed by atoms with E-state index >= 15 is 0 Å². The minimum absolute atomic E-state index is 0.623. The molecule has 0 radical (unpaired) electrons. The fourth-order valence-corrected chi connectivity index (χ4v) is 0.283. The number of carbonyl (C=O) groups is 2. The first kappa shape index (κ1) is 12.7. The van der Waals surface area contributed by atoms with Crippen molar-refractivity contribution in [2.75, 3.05) is 6.61 Å². The molecule has 0 aromatic carbocycles. The lowest BCUT2D eigenvalue weighted by atomic mass is 10.2. The molecule has 0 aliphatic carbocycles. The van der Waals surface area contributed by atoms with Gasteiger partial charge in [0.15, 0.2) is 0 Å². The molecule has 0 fully saturated rings. The first-order valence-electron chi connectivity index (χ1n) is 3.39. The van der Waals surface area contributed by atoms with Crippen molar-refractivity contribution in [3.8, 4) is 0 Å². The topological polar surface area (TPSA) is 72.8 Å². The van der Waals surface area contributed by atoms with Crippen LogP contribution in [0.5, 0.6) is 0 Å². The minimum atomic E-state index is -5.22. The van der Waals surface area contributed by atoms with Crippen LogP contribution in [0, 0.1) is 5.92 Å². The van der Waals surface area contributed by atoms with Gasteiger partial charge in [-0.1, -0.05) is 0 Å². The van der Waals surface area contributed by atoms with Gasteiger partial charge >= 0.3 is 18.1 Å². The van der Waals surface area contributed by atoms with Crippen LogP contribution < -0.4 is 0 Å². The molecule has 0 aliphatic heterocycles. The van der Waals surface area contributed by atoms with Gasteiger partial charge in [0.25, 0.3) is 0 Å². The van der Waals surface area contributed by atoms with Crippen molar-refractivity contribution in [1.29, 1.82) is 0 Å². The van der Waals surface area contributed by atoms with Crippen LogP contribution in [0.4, 0.5) is 13.2 Å². The molecule has 0 amide bonds. The number of aliphatic hydroxyl groups is 1. The SMILES string of the molecule is CC(CO)C(=O)OOC(=O)C(F)(F)F. The van der Waals surface area contributed by atoms with Crippen molar-refractivity contribution in [3.63, 3.8) is 0 Å². The number of halogens is 3. The summed E-state index contributed by atoms with van der Waals surface area (Å²) in [7, 11) is 0. The van der Waals surface area contributed by atoms with Crippen LogP contribution in [-0.2, 0) is 19.4 Å². The van der Waals surface area contributed by atoms with Gasteiger partial charge in [-0.15, -0.1) is 0 Å². The summed E-state index contributed by atoms with van der Waals surface area (Å²) in [5.74, 6) is -4.95. The van der Waals surface area contributed by atoms with Crippen LogP contribution >= 0.6 is 0 Å². The highest BCUT2D eigenvalue weighted by Crippen LogP contribution is 2.16. The van der Waals surface area contributed by atoms with Crippen molar-refractivity contribution in [3.05, 3.63) is 0 Å². The zero-order valence-electron chi connectivity index (χ0n) is 7.00. The molecule has 0 aromatic rings. The van der Waals surface area contributed by atoms with E-state index in [1.165, 1.54) is 6.92 Å². The molecule has 82 valence electrons. The number of aliphatic hydroxyl groups excluding tert-OH is 1. The van der Waals surface area contributed by atoms with E-state index in [1.54, 1.807) is 0 Å². The van der Waals surface area contributed by atoms with E-state index in [0.29, 0.717) is 0 Å². The van der Waals surface area contributed by atoms with Crippen molar-refractivity contribution in [2.24, 2.45) is 5.92 Å². The third kappa shape index (κ3) is 4.08. The second-order valence-electron chi connectivity index (χ2n) is 2.35. The first-order valence-corrected chi connectivity index (χ1v) is 3.39. The summed E-state index contributed by atoms with van der Waals surface area (Å²) < 4.78 is 34.4. The Kier molecular flexibility index (Phi) is 4.35. The molecule has 0 spiro atoms. The summed E-state index contributed by atoms with van der Waals surface area (Å²) in [5, 5.41) is 8.37. The molecule has 1 N–H and O–H groups in total. The number of rotatable bonds is 2. The van der Waals surface area contributed by atoms with Crippen LogP contribution in [0.3, 0.4) is 0 Å². The van der Waals surface area contributed by atoms with Gasteiger partial charge < -0.3 is 5.11 Å². The van der Waals surface area contributed by atoms with E-state index in [0.717, 1.165) is 0 Å². The van der Waals surface area contributed by atoms with Crippen LogP contribution in [-0.4, -0.2) is 29.8 Å². The van der Waals surface area contributed by atoms with E-state index < -0.39 is 30.6 Å². The lowest BCUT2D eigenvalue weighted by Gasteiger charge is -2.07. The summed E-state index contributed by atoms with van der Waals surface area (Å²) in [6.07, 6.45) is -5.22. The maximum absolute atomic E-state index is 11.5. The molecule has 0 saturated heterocycles. The Hall–Kier alpha value is -1.31. The zero-order valence-corrected chi connectivity index (χ0v) is 7.00. The Bertz CT molecular complexity index is 224. The minimum Gasteiger partial charge on any atom is -0.395 e. The largest absolute Gasteiger partial charge is 0.495 e. The lowest BCUT2D eigenvalue weighted by Crippen LogP contribution is -2.28. The Morgan fingerprint density at radius 1 is 1.36 bits per heavy atom. The fraction of sp³-hybridized carbons (Fsp3) is 0.667. The van der Waals surface area contributed by atoms with Gasteiger partial charge in [0, 0.05) is 0 Å². The van der Waals surface area contributed by atoms with Crippen molar-refractivity contribution < 1.29 is 37.6 Å². The smallest absolute Gasteiger partial charge is 0.395 e. The van der Waals surface area contributed by atoms with Crippen LogP contribution in [0.2, 0.25) is 0 Å². The van der Waals surface area contributed by atoms with Gasteiger partial charge in [0.1, 0.15) is 0 Å². The highest BCUT2D eigenvalue weighted by atomic mass is 19.4. The quantitative estimate of drug-likeness (QED) is 0.526. The Labute approximate surface area is 76.3 Å². The Morgan fingerprint density at radius 3 is 2.21 bits per heavy atom. The van der Waals surface area contributed by atoms with E-state index in [-0.39, 0.29) is 0 Å². The van der Waals surface area contributed by atoms with E-state index in [2.05, 4.69) is 9.78 Å². The van der Waals surface area contributed by atoms with Crippen LogP contribution in [0.15, 0.2) is 0 Å². The maximum atomic E-state index is 11.5. The molecule has 0 rings (SSSR count). The predicted octanol–water partition coefficient (Wildman–Crippen LogP) is 0.178. The van der Waals surface area contributed by atoms with Gasteiger partial charge in [0.05, 0.1) is 12.5 Å². The summed E-state index contributed by atoms with van der Waals surface area (Å²) in [4.78, 5) is 27.3. The van der Waals surface area contributed by atoms with Crippen LogP contribution in [0.1, 0.15) is 6.92 Å². The Morgan fingerprint density at radius 2 is 1.86 bits per heavy atom. The summed E-state index contributed by atoms with van der Waals surface area (Å²) in [6.45, 7) is 0.562. The van der Waals surface area contributed by atoms with Crippen molar-refractivity contribution in [1.82, 2.24) is 0 Å². The molecule has 0 heterocycles. The third-order valence-corrected chi connectivity index (χ3v) is 1.11. The number of alkyl halides is 3. The van der Waals surface area contributed by atoms with Gasteiger partial charge in [-0.2, -0.15) is 13.2 Å². The molecule has 1 atom stereocenters. The molecule has 1 unspecified atom stereocenters. The predicted molar refractivity (Wildman–Crippen MR) is 34.5 cm³/mol. The van der Waals surface area contributed by atoms with Crippen molar-refractivity contribution >= 4 is 11.9 Å². The molecule has 14 heavy (non-hydrogen) atoms. The molecule has 0 aromatic heterocycles. The molecule has 5 nitrogen and oxygen atoms in total. The molecular formula is C6H7F3O5. The molecule has 0 aliphatic rings. The van der Waals surface area contributed by atoms with Gasteiger partial charge in [-0.25, -0.2) is 19.4 Å². The summed E-state index contributed by atoms with van der Waals surface area (Å²) in [5.41, 5.74) is 0. The van der Waals surface area contributed by atoms with E-state index in [9.17, 15) is 22.8 Å². The second kappa shape index (κ2) is 4.80. The van der Waals surface area contributed by atoms with Crippen LogP contribution in [0.25, 0.3) is 0 Å². The van der Waals surface area contributed by atoms with E-state index in [4.69, 9.17) is 5.11 Å². The van der Waals surface area contributed by atoms with Gasteiger partial charge in [0.2, 0.25) is 0 Å². The third-order valence-electron chi connectivity index (χ3n) is 1.11. The summed E-state index contributed by atoms with van der Waals surface area (Å²) in [6, 6.07) is 0. The summed E-state index contributed by atoms with van der Waals surface area (Å²) >= 11 is 0.